The third kappa shape index (κ3) is 4.09. The van der Waals surface area contributed by atoms with Crippen LogP contribution in [0.2, 0.25) is 5.02 Å². The van der Waals surface area contributed by atoms with Gasteiger partial charge in [-0.25, -0.2) is 14.3 Å². The van der Waals surface area contributed by atoms with Crippen molar-refractivity contribution < 1.29 is 14.0 Å². The zero-order valence-electron chi connectivity index (χ0n) is 17.1. The maximum Gasteiger partial charge on any atom is 0.259 e. The number of nitrogens with one attached hydrogen (secondary N) is 1. The van der Waals surface area contributed by atoms with Crippen molar-refractivity contribution >= 4 is 57.6 Å². The zero-order chi connectivity index (χ0) is 22.3. The van der Waals surface area contributed by atoms with E-state index >= 15 is 0 Å². The number of carbonyl (C=O) groups is 2. The van der Waals surface area contributed by atoms with Gasteiger partial charge in [-0.15, -0.1) is 0 Å². The van der Waals surface area contributed by atoms with Gasteiger partial charge in [0.15, 0.2) is 5.17 Å². The first kappa shape index (κ1) is 21.5. The molecule has 9 heteroatoms. The second-order valence-electron chi connectivity index (χ2n) is 7.60. The zero-order valence-corrected chi connectivity index (χ0v) is 18.7. The molecule has 160 valence electrons. The highest BCUT2D eigenvalue weighted by atomic mass is 35.5. The molecule has 0 radical (unpaired) electrons. The van der Waals surface area contributed by atoms with Crippen molar-refractivity contribution in [3.63, 3.8) is 0 Å². The fourth-order valence-electron chi connectivity index (χ4n) is 3.32. The van der Waals surface area contributed by atoms with Gasteiger partial charge in [0.1, 0.15) is 17.7 Å². The first-order valence-electron chi connectivity index (χ1n) is 9.78. The highest BCUT2D eigenvalue weighted by Crippen LogP contribution is 2.36. The summed E-state index contributed by atoms with van der Waals surface area (Å²) in [4.78, 5) is 36.5. The van der Waals surface area contributed by atoms with E-state index in [1.165, 1.54) is 17.0 Å². The van der Waals surface area contributed by atoms with E-state index < -0.39 is 23.0 Å². The summed E-state index contributed by atoms with van der Waals surface area (Å²) in [6, 6.07) is 11.0. The van der Waals surface area contributed by atoms with Crippen LogP contribution in [0.15, 0.2) is 52.4 Å². The summed E-state index contributed by atoms with van der Waals surface area (Å²) in [5, 5.41) is 2.54. The fraction of sp³-hybridized carbons (Fsp3) is 0.273. The van der Waals surface area contributed by atoms with Crippen molar-refractivity contribution in [3.05, 3.63) is 58.9 Å². The predicted molar refractivity (Wildman–Crippen MR) is 123 cm³/mol. The van der Waals surface area contributed by atoms with E-state index in [0.717, 1.165) is 23.4 Å². The number of fused-ring (bicyclic) bond motifs is 3. The maximum atomic E-state index is 14.0. The lowest BCUT2D eigenvalue weighted by atomic mass is 10.1. The molecule has 2 heterocycles. The minimum atomic E-state index is -0.647. The lowest BCUT2D eigenvalue weighted by molar-refractivity contribution is -0.125. The number of amides is 2. The van der Waals surface area contributed by atoms with Crippen LogP contribution in [0.1, 0.15) is 26.3 Å². The van der Waals surface area contributed by atoms with Crippen LogP contribution in [-0.4, -0.2) is 39.0 Å². The molecule has 0 fully saturated rings. The SMILES string of the molecule is CC(C)[C@@H]1N=C2c3ccccc3N=C(S[C@@H](C)C(=O)Nc3ccc(Cl)cc3F)N2C1=O. The minimum absolute atomic E-state index is 0.0256. The predicted octanol–water partition coefficient (Wildman–Crippen LogP) is 4.85. The standard InChI is InChI=1S/C22H20ClFN4O2S/c1-11(2)18-21(30)28-19(27-18)14-6-4-5-7-16(14)26-22(28)31-12(3)20(29)25-17-9-8-13(23)10-15(17)24/h4-12,18H,1-3H3,(H,25,29)/t12-,18-/m0/s1. The molecule has 0 saturated heterocycles. The van der Waals surface area contributed by atoms with Crippen LogP contribution in [0, 0.1) is 11.7 Å². The highest BCUT2D eigenvalue weighted by Gasteiger charge is 2.43. The molecule has 2 atom stereocenters. The Morgan fingerprint density at radius 2 is 1.97 bits per heavy atom. The summed E-state index contributed by atoms with van der Waals surface area (Å²) in [5.41, 5.74) is 1.51. The van der Waals surface area contributed by atoms with E-state index in [0.29, 0.717) is 16.7 Å². The molecule has 6 nitrogen and oxygen atoms in total. The number of halogens is 2. The number of benzene rings is 2. The van der Waals surface area contributed by atoms with Crippen molar-refractivity contribution in [2.45, 2.75) is 32.1 Å². The fourth-order valence-corrected chi connectivity index (χ4v) is 4.39. The number of rotatable bonds is 4. The molecule has 0 unspecified atom stereocenters. The number of nitrogens with zero attached hydrogens (tertiary/aromatic N) is 3. The molecule has 2 amide bonds. The Kier molecular flexibility index (Phi) is 5.85. The number of anilines is 1. The summed E-state index contributed by atoms with van der Waals surface area (Å²) in [6.07, 6.45) is 0. The topological polar surface area (TPSA) is 74.1 Å². The molecule has 2 aliphatic rings. The molecule has 0 aromatic heterocycles. The van der Waals surface area contributed by atoms with Crippen molar-refractivity contribution in [2.24, 2.45) is 15.9 Å². The molecular formula is C22H20ClFN4O2S. The summed E-state index contributed by atoms with van der Waals surface area (Å²) >= 11 is 6.89. The third-order valence-electron chi connectivity index (χ3n) is 4.97. The van der Waals surface area contributed by atoms with Crippen molar-refractivity contribution in [3.8, 4) is 0 Å². The second-order valence-corrected chi connectivity index (χ2v) is 9.34. The van der Waals surface area contributed by atoms with Crippen LogP contribution in [0.5, 0.6) is 0 Å². The van der Waals surface area contributed by atoms with Gasteiger partial charge in [0.25, 0.3) is 5.91 Å². The average Bonchev–Trinajstić information content (AvgIpc) is 3.08. The number of amidine groups is 2. The van der Waals surface area contributed by atoms with Gasteiger partial charge in [0.2, 0.25) is 5.91 Å². The van der Waals surface area contributed by atoms with Gasteiger partial charge in [0, 0.05) is 10.6 Å². The second kappa shape index (κ2) is 8.43. The lowest BCUT2D eigenvalue weighted by Gasteiger charge is -2.27. The summed E-state index contributed by atoms with van der Waals surface area (Å²) in [5.74, 6) is -0.628. The largest absolute Gasteiger partial charge is 0.323 e. The Morgan fingerprint density at radius 3 is 2.68 bits per heavy atom. The van der Waals surface area contributed by atoms with Crippen LogP contribution >= 0.6 is 23.4 Å². The first-order valence-corrected chi connectivity index (χ1v) is 11.0. The Hall–Kier alpha value is -2.71. The smallest absolute Gasteiger partial charge is 0.259 e. The van der Waals surface area contributed by atoms with Gasteiger partial charge in [-0.1, -0.05) is 49.3 Å². The number of carbonyl (C=O) groups excluding carboxylic acids is 2. The quantitative estimate of drug-likeness (QED) is 0.711. The van der Waals surface area contributed by atoms with Gasteiger partial charge in [-0.05, 0) is 43.2 Å². The van der Waals surface area contributed by atoms with Crippen molar-refractivity contribution in [1.29, 1.82) is 0 Å². The Balaban J connectivity index is 1.60. The number of aliphatic imine (C=N–C) groups is 2. The van der Waals surface area contributed by atoms with Gasteiger partial charge in [-0.2, -0.15) is 0 Å². The average molecular weight is 459 g/mol. The highest BCUT2D eigenvalue weighted by molar-refractivity contribution is 8.15. The van der Waals surface area contributed by atoms with Crippen molar-refractivity contribution in [1.82, 2.24) is 4.90 Å². The Morgan fingerprint density at radius 1 is 1.23 bits per heavy atom. The first-order chi connectivity index (χ1) is 14.8. The monoisotopic (exact) mass is 458 g/mol. The van der Waals surface area contributed by atoms with E-state index in [1.807, 2.05) is 38.1 Å². The summed E-state index contributed by atoms with van der Waals surface area (Å²) in [6.45, 7) is 5.56. The summed E-state index contributed by atoms with van der Waals surface area (Å²) < 4.78 is 14.0. The third-order valence-corrected chi connectivity index (χ3v) is 6.26. The number of hydrogen-bond donors (Lipinski definition) is 1. The Labute approximate surface area is 188 Å². The van der Waals surface area contributed by atoms with Crippen LogP contribution in [-0.2, 0) is 9.59 Å². The van der Waals surface area contributed by atoms with Gasteiger partial charge in [-0.3, -0.25) is 14.6 Å². The molecule has 2 aromatic carbocycles. The molecular weight excluding hydrogens is 439 g/mol. The van der Waals surface area contributed by atoms with Crippen LogP contribution in [0.3, 0.4) is 0 Å². The minimum Gasteiger partial charge on any atom is -0.323 e. The van der Waals surface area contributed by atoms with E-state index in [1.54, 1.807) is 6.92 Å². The van der Waals surface area contributed by atoms with Crippen LogP contribution in [0.4, 0.5) is 15.8 Å². The van der Waals surface area contributed by atoms with E-state index in [4.69, 9.17) is 11.6 Å². The normalized spacial score (nSPS) is 18.3. The summed E-state index contributed by atoms with van der Waals surface area (Å²) in [7, 11) is 0. The molecule has 31 heavy (non-hydrogen) atoms. The number of thioether (sulfide) groups is 1. The maximum absolute atomic E-state index is 14.0. The molecule has 0 spiro atoms. The van der Waals surface area contributed by atoms with Crippen LogP contribution in [0.25, 0.3) is 0 Å². The molecule has 1 N–H and O–H groups in total. The Bertz CT molecular complexity index is 1130. The van der Waals surface area contributed by atoms with E-state index in [9.17, 15) is 14.0 Å². The molecule has 2 aromatic rings. The lowest BCUT2D eigenvalue weighted by Crippen LogP contribution is -2.43. The van der Waals surface area contributed by atoms with Crippen molar-refractivity contribution in [2.75, 3.05) is 5.32 Å². The number of hydrogen-bond acceptors (Lipinski definition) is 5. The number of para-hydroxylation sites is 1. The van der Waals surface area contributed by atoms with E-state index in [-0.39, 0.29) is 22.5 Å². The molecule has 0 saturated carbocycles. The molecule has 0 bridgehead atoms. The van der Waals surface area contributed by atoms with Gasteiger partial charge < -0.3 is 5.32 Å². The van der Waals surface area contributed by atoms with E-state index in [2.05, 4.69) is 15.3 Å². The molecule has 0 aliphatic carbocycles. The van der Waals surface area contributed by atoms with Crippen LogP contribution < -0.4 is 5.32 Å². The van der Waals surface area contributed by atoms with Gasteiger partial charge in [0.05, 0.1) is 16.6 Å². The molecule has 4 rings (SSSR count). The molecule has 2 aliphatic heterocycles. The van der Waals surface area contributed by atoms with Gasteiger partial charge >= 0.3 is 0 Å².